The van der Waals surface area contributed by atoms with Gasteiger partial charge in [-0.15, -0.1) is 0 Å². The molecule has 0 aromatic heterocycles. The Bertz CT molecular complexity index is 879. The van der Waals surface area contributed by atoms with Crippen LogP contribution in [0.5, 0.6) is 0 Å². The van der Waals surface area contributed by atoms with Crippen LogP contribution in [0.15, 0.2) is 12.3 Å². The van der Waals surface area contributed by atoms with Crippen molar-refractivity contribution in [1.29, 1.82) is 0 Å². The van der Waals surface area contributed by atoms with Gasteiger partial charge >= 0.3 is 13.8 Å². The summed E-state index contributed by atoms with van der Waals surface area (Å²) in [5.41, 5.74) is 0. The molecule has 0 spiro atoms. The predicted molar refractivity (Wildman–Crippen MR) is 229 cm³/mol. The van der Waals surface area contributed by atoms with Crippen molar-refractivity contribution in [3.63, 3.8) is 0 Å². The molecule has 0 amide bonds. The first-order chi connectivity index (χ1) is 26.1. The zero-order chi connectivity index (χ0) is 39.9. The molecule has 0 bridgehead atoms. The van der Waals surface area contributed by atoms with Crippen molar-refractivity contribution in [2.75, 3.05) is 47.5 Å². The fraction of sp³-hybridized carbons (Fsp3) is 0.933. The van der Waals surface area contributed by atoms with Crippen LogP contribution in [0.4, 0.5) is 0 Å². The maximum atomic E-state index is 12.7. The summed E-state index contributed by atoms with van der Waals surface area (Å²) in [7, 11) is 1.65. The van der Waals surface area contributed by atoms with Crippen LogP contribution in [0.25, 0.3) is 0 Å². The highest BCUT2D eigenvalue weighted by Crippen LogP contribution is 2.43. The third-order valence-corrected chi connectivity index (χ3v) is 11.2. The summed E-state index contributed by atoms with van der Waals surface area (Å²) in [6.07, 6.45) is 43.4. The molecule has 0 saturated heterocycles. The molecule has 54 heavy (non-hydrogen) atoms. The molecule has 2 atom stereocenters. The molecule has 0 fully saturated rings. The Morgan fingerprint density at radius 3 is 1.37 bits per heavy atom. The van der Waals surface area contributed by atoms with Gasteiger partial charge in [0.05, 0.1) is 34.0 Å². The summed E-state index contributed by atoms with van der Waals surface area (Å²) in [5, 5.41) is 0. The average molecular weight is 789 g/mol. The van der Waals surface area contributed by atoms with Gasteiger partial charge in [-0.25, -0.2) is 4.57 Å². The van der Waals surface area contributed by atoms with E-state index in [-0.39, 0.29) is 25.8 Å². The largest absolute Gasteiger partial charge is 0.498 e. The monoisotopic (exact) mass is 789 g/mol. The van der Waals surface area contributed by atoms with Crippen LogP contribution in [-0.4, -0.2) is 69.0 Å². The molecular formula is C45H91NO7P+. The van der Waals surface area contributed by atoms with E-state index in [9.17, 15) is 14.3 Å². The fourth-order valence-electron chi connectivity index (χ4n) is 6.58. The number of quaternary nitrogens is 1. The van der Waals surface area contributed by atoms with Crippen LogP contribution in [-0.2, 0) is 27.9 Å². The van der Waals surface area contributed by atoms with Gasteiger partial charge in [-0.3, -0.25) is 13.8 Å². The zero-order valence-electron chi connectivity index (χ0n) is 36.5. The number of carbonyl (C=O) groups is 1. The van der Waals surface area contributed by atoms with Crippen LogP contribution >= 0.6 is 7.82 Å². The third kappa shape index (κ3) is 42.2. The molecule has 8 nitrogen and oxygen atoms in total. The van der Waals surface area contributed by atoms with E-state index < -0.39 is 13.9 Å². The number of rotatable bonds is 43. The minimum absolute atomic E-state index is 0.0544. The quantitative estimate of drug-likeness (QED) is 0.0216. The first kappa shape index (κ1) is 53.1. The van der Waals surface area contributed by atoms with Crippen molar-refractivity contribution in [1.82, 2.24) is 0 Å². The Morgan fingerprint density at radius 1 is 0.574 bits per heavy atom. The van der Waals surface area contributed by atoms with Gasteiger partial charge in [0.2, 0.25) is 0 Å². The molecule has 0 rings (SSSR count). The number of hydrogen-bond acceptors (Lipinski definition) is 6. The molecule has 0 aliphatic carbocycles. The van der Waals surface area contributed by atoms with Gasteiger partial charge in [-0.05, 0) is 25.3 Å². The third-order valence-electron chi connectivity index (χ3n) is 10.2. The summed E-state index contributed by atoms with van der Waals surface area (Å²) >= 11 is 0. The second kappa shape index (κ2) is 38.9. The average Bonchev–Trinajstić information content (AvgIpc) is 3.12. The summed E-state index contributed by atoms with van der Waals surface area (Å²) in [5.74, 6) is -0.331. The number of phosphoric ester groups is 1. The van der Waals surface area contributed by atoms with Gasteiger partial charge in [0.1, 0.15) is 19.8 Å². The van der Waals surface area contributed by atoms with E-state index in [1.807, 2.05) is 27.2 Å². The Morgan fingerprint density at radius 2 is 0.963 bits per heavy atom. The second-order valence-electron chi connectivity index (χ2n) is 16.9. The lowest BCUT2D eigenvalue weighted by Gasteiger charge is -2.24. The normalized spacial score (nSPS) is 13.7. The van der Waals surface area contributed by atoms with Crippen molar-refractivity contribution in [2.24, 2.45) is 0 Å². The summed E-state index contributed by atoms with van der Waals surface area (Å²) in [6, 6.07) is 0. The van der Waals surface area contributed by atoms with Crippen LogP contribution in [0.1, 0.15) is 219 Å². The molecule has 0 aromatic rings. The van der Waals surface area contributed by atoms with Gasteiger partial charge in [0.25, 0.3) is 0 Å². The minimum Gasteiger partial charge on any atom is -0.498 e. The molecule has 0 aliphatic rings. The Labute approximate surface area is 335 Å². The van der Waals surface area contributed by atoms with Crippen LogP contribution < -0.4 is 0 Å². The standard InChI is InChI=1S/C45H90NO7P/c1-6-8-10-12-14-16-18-20-22-24-26-28-30-32-34-36-38-45(47)53-44(43-52-54(48,49)51-41-39-46(3,4)5)42-50-40-37-35-33-31-29-27-25-23-21-19-17-15-13-11-9-7-2/h37,40,44H,6-36,38-39,41-43H2,1-5H3/p+1/b40-37+/t44-/m1/s1. The topological polar surface area (TPSA) is 91.3 Å². The lowest BCUT2D eigenvalue weighted by atomic mass is 10.0. The number of ether oxygens (including phenoxy) is 2. The van der Waals surface area contributed by atoms with Crippen LogP contribution in [0.2, 0.25) is 0 Å². The molecule has 0 saturated carbocycles. The highest BCUT2D eigenvalue weighted by atomic mass is 31.2. The van der Waals surface area contributed by atoms with Crippen molar-refractivity contribution < 1.29 is 37.3 Å². The highest BCUT2D eigenvalue weighted by molar-refractivity contribution is 7.47. The molecule has 322 valence electrons. The SMILES string of the molecule is CCCCCCCCCCCCCCCC/C=C/OC[C@H](COP(=O)(O)OCC[N+](C)(C)C)OC(=O)CCCCCCCCCCCCCCCCCC. The van der Waals surface area contributed by atoms with Crippen molar-refractivity contribution in [2.45, 2.75) is 225 Å². The fourth-order valence-corrected chi connectivity index (χ4v) is 7.32. The maximum Gasteiger partial charge on any atom is 0.472 e. The first-order valence-electron chi connectivity index (χ1n) is 23.0. The Balaban J connectivity index is 4.23. The van der Waals surface area contributed by atoms with Crippen LogP contribution in [0.3, 0.4) is 0 Å². The van der Waals surface area contributed by atoms with E-state index in [1.165, 1.54) is 167 Å². The molecule has 9 heteroatoms. The van der Waals surface area contributed by atoms with Crippen molar-refractivity contribution >= 4 is 13.8 Å². The van der Waals surface area contributed by atoms with E-state index in [2.05, 4.69) is 13.8 Å². The molecule has 0 heterocycles. The van der Waals surface area contributed by atoms with Gasteiger partial charge in [-0.2, -0.15) is 0 Å². The molecule has 0 aromatic carbocycles. The van der Waals surface area contributed by atoms with Gasteiger partial charge < -0.3 is 18.9 Å². The molecule has 0 radical (unpaired) electrons. The Kier molecular flexibility index (Phi) is 38.3. The van der Waals surface area contributed by atoms with Crippen molar-refractivity contribution in [3.8, 4) is 0 Å². The summed E-state index contributed by atoms with van der Waals surface area (Å²) in [4.78, 5) is 22.9. The number of likely N-dealkylation sites (N-methyl/N-ethyl adjacent to an activating group) is 1. The number of esters is 1. The molecular weight excluding hydrogens is 697 g/mol. The van der Waals surface area contributed by atoms with Crippen LogP contribution in [0, 0.1) is 0 Å². The van der Waals surface area contributed by atoms with Gasteiger partial charge in [0, 0.05) is 6.42 Å². The smallest absolute Gasteiger partial charge is 0.472 e. The van der Waals surface area contributed by atoms with Gasteiger partial charge in [0.15, 0.2) is 6.10 Å². The highest BCUT2D eigenvalue weighted by Gasteiger charge is 2.26. The van der Waals surface area contributed by atoms with E-state index in [4.69, 9.17) is 18.5 Å². The van der Waals surface area contributed by atoms with Crippen molar-refractivity contribution in [3.05, 3.63) is 12.3 Å². The van der Waals surface area contributed by atoms with E-state index in [0.717, 1.165) is 32.1 Å². The summed E-state index contributed by atoms with van der Waals surface area (Å²) < 4.78 is 34.8. The van der Waals surface area contributed by atoms with E-state index >= 15 is 0 Å². The first-order valence-corrected chi connectivity index (χ1v) is 24.5. The second-order valence-corrected chi connectivity index (χ2v) is 18.3. The molecule has 0 aliphatic heterocycles. The number of carbonyl (C=O) groups excluding carboxylic acids is 1. The molecule has 1 N–H and O–H groups in total. The minimum atomic E-state index is -4.28. The number of allylic oxidation sites excluding steroid dienone is 1. The number of phosphoric acid groups is 1. The van der Waals surface area contributed by atoms with E-state index in [0.29, 0.717) is 17.4 Å². The zero-order valence-corrected chi connectivity index (χ0v) is 37.4. The van der Waals surface area contributed by atoms with Gasteiger partial charge in [-0.1, -0.05) is 194 Å². The lowest BCUT2D eigenvalue weighted by Crippen LogP contribution is -2.37. The lowest BCUT2D eigenvalue weighted by molar-refractivity contribution is -0.870. The number of unbranched alkanes of at least 4 members (excludes halogenated alkanes) is 29. The molecule has 1 unspecified atom stereocenters. The number of hydrogen-bond donors (Lipinski definition) is 1. The number of nitrogens with zero attached hydrogens (tertiary/aromatic N) is 1. The Hall–Kier alpha value is -0.920. The summed E-state index contributed by atoms with van der Waals surface area (Å²) in [6.45, 7) is 4.97. The predicted octanol–water partition coefficient (Wildman–Crippen LogP) is 13.8. The maximum absolute atomic E-state index is 12.7. The van der Waals surface area contributed by atoms with E-state index in [1.54, 1.807) is 6.26 Å².